The zero-order valence-electron chi connectivity index (χ0n) is 12.1. The Bertz CT molecular complexity index is 672. The third-order valence-corrected chi connectivity index (χ3v) is 4.08. The van der Waals surface area contributed by atoms with Gasteiger partial charge < -0.3 is 11.1 Å². The number of amides is 1. The fourth-order valence-electron chi connectivity index (χ4n) is 1.60. The van der Waals surface area contributed by atoms with E-state index in [2.05, 4.69) is 21.9 Å². The summed E-state index contributed by atoms with van der Waals surface area (Å²) in [6.45, 7) is 2.13. The van der Waals surface area contributed by atoms with Crippen LogP contribution in [-0.4, -0.2) is 40.2 Å². The van der Waals surface area contributed by atoms with Gasteiger partial charge in [0.05, 0.1) is 17.9 Å². The van der Waals surface area contributed by atoms with Crippen molar-refractivity contribution in [3.05, 3.63) is 34.9 Å². The molecular weight excluding hydrogens is 290 g/mol. The lowest BCUT2D eigenvalue weighted by molar-refractivity contribution is 0.0956. The number of sulfonamides is 1. The molecule has 0 saturated heterocycles. The Labute approximate surface area is 125 Å². The van der Waals surface area contributed by atoms with Crippen molar-refractivity contribution >= 4 is 15.9 Å². The Morgan fingerprint density at radius 3 is 2.71 bits per heavy atom. The summed E-state index contributed by atoms with van der Waals surface area (Å²) in [6, 6.07) is 5.26. The summed E-state index contributed by atoms with van der Waals surface area (Å²) in [5, 5.41) is 2.57. The molecule has 1 rings (SSSR count). The summed E-state index contributed by atoms with van der Waals surface area (Å²) in [5.74, 6) is 5.02. The van der Waals surface area contributed by atoms with Crippen molar-refractivity contribution in [1.82, 2.24) is 10.0 Å². The van der Waals surface area contributed by atoms with Crippen LogP contribution in [0.4, 0.5) is 0 Å². The van der Waals surface area contributed by atoms with Crippen molar-refractivity contribution in [3.8, 4) is 11.8 Å². The van der Waals surface area contributed by atoms with Gasteiger partial charge in [-0.2, -0.15) is 0 Å². The summed E-state index contributed by atoms with van der Waals surface area (Å²) in [4.78, 5) is 12.1. The summed E-state index contributed by atoms with van der Waals surface area (Å²) >= 11 is 0. The Morgan fingerprint density at radius 2 is 2.10 bits per heavy atom. The highest BCUT2D eigenvalue weighted by atomic mass is 32.2. The lowest BCUT2D eigenvalue weighted by Gasteiger charge is -2.08. The van der Waals surface area contributed by atoms with E-state index < -0.39 is 10.0 Å². The molecule has 0 radical (unpaired) electrons. The number of carbonyl (C=O) groups is 1. The molecular formula is C14H19N3O3S. The number of carbonyl (C=O) groups excluding carboxylic acids is 1. The Balaban J connectivity index is 2.83. The van der Waals surface area contributed by atoms with Gasteiger partial charge in [0.25, 0.3) is 5.91 Å². The highest BCUT2D eigenvalue weighted by Crippen LogP contribution is 2.10. The monoisotopic (exact) mass is 309 g/mol. The number of benzene rings is 1. The van der Waals surface area contributed by atoms with Crippen molar-refractivity contribution < 1.29 is 13.2 Å². The second-order valence-corrected chi connectivity index (χ2v) is 6.38. The van der Waals surface area contributed by atoms with E-state index in [0.717, 1.165) is 5.56 Å². The first-order valence-electron chi connectivity index (χ1n) is 6.38. The molecule has 0 fully saturated rings. The number of nitrogens with one attached hydrogen (secondary N) is 2. The van der Waals surface area contributed by atoms with Crippen molar-refractivity contribution in [1.29, 1.82) is 0 Å². The SMILES string of the molecule is CNS(=O)(=O)CCNC(=O)c1ccc(C)cc1C#CCN. The quantitative estimate of drug-likeness (QED) is 0.643. The predicted octanol–water partition coefficient (Wildman–Crippen LogP) is -0.416. The minimum absolute atomic E-state index is 0.0274. The molecule has 7 heteroatoms. The second kappa shape index (κ2) is 7.78. The first-order chi connectivity index (χ1) is 9.89. The molecule has 21 heavy (non-hydrogen) atoms. The van der Waals surface area contributed by atoms with Gasteiger partial charge in [-0.25, -0.2) is 13.1 Å². The van der Waals surface area contributed by atoms with Crippen LogP contribution in [0.3, 0.4) is 0 Å². The lowest BCUT2D eigenvalue weighted by atomic mass is 10.0. The first kappa shape index (κ1) is 17.2. The van der Waals surface area contributed by atoms with E-state index in [-0.39, 0.29) is 24.7 Å². The highest BCUT2D eigenvalue weighted by molar-refractivity contribution is 7.89. The fourth-order valence-corrected chi connectivity index (χ4v) is 2.18. The number of hydrogen-bond donors (Lipinski definition) is 3. The average molecular weight is 309 g/mol. The Morgan fingerprint density at radius 1 is 1.38 bits per heavy atom. The van der Waals surface area contributed by atoms with E-state index in [0.29, 0.717) is 11.1 Å². The van der Waals surface area contributed by atoms with Gasteiger partial charge in [-0.15, -0.1) is 0 Å². The molecule has 0 saturated carbocycles. The zero-order chi connectivity index (χ0) is 15.9. The van der Waals surface area contributed by atoms with Gasteiger partial charge in [0.15, 0.2) is 0 Å². The van der Waals surface area contributed by atoms with Crippen LogP contribution in [0.15, 0.2) is 18.2 Å². The van der Waals surface area contributed by atoms with Crippen molar-refractivity contribution in [2.75, 3.05) is 25.9 Å². The summed E-state index contributed by atoms with van der Waals surface area (Å²) in [6.07, 6.45) is 0. The first-order valence-corrected chi connectivity index (χ1v) is 8.04. The van der Waals surface area contributed by atoms with Crippen LogP contribution in [-0.2, 0) is 10.0 Å². The summed E-state index contributed by atoms with van der Waals surface area (Å²) in [5.41, 5.74) is 7.30. The smallest absolute Gasteiger partial charge is 0.252 e. The van der Waals surface area contributed by atoms with E-state index in [1.807, 2.05) is 6.92 Å². The van der Waals surface area contributed by atoms with Gasteiger partial charge in [-0.05, 0) is 31.7 Å². The molecule has 0 aliphatic carbocycles. The molecule has 0 aliphatic heterocycles. The largest absolute Gasteiger partial charge is 0.351 e. The van der Waals surface area contributed by atoms with Crippen LogP contribution in [0, 0.1) is 18.8 Å². The van der Waals surface area contributed by atoms with Crippen LogP contribution < -0.4 is 15.8 Å². The number of aryl methyl sites for hydroxylation is 1. The topological polar surface area (TPSA) is 101 Å². The van der Waals surface area contributed by atoms with Gasteiger partial charge in [-0.1, -0.05) is 17.9 Å². The van der Waals surface area contributed by atoms with E-state index in [1.54, 1.807) is 18.2 Å². The minimum atomic E-state index is -3.34. The van der Waals surface area contributed by atoms with Crippen LogP contribution in [0.25, 0.3) is 0 Å². The molecule has 0 aromatic heterocycles. The van der Waals surface area contributed by atoms with Gasteiger partial charge >= 0.3 is 0 Å². The average Bonchev–Trinajstić information content (AvgIpc) is 2.44. The third kappa shape index (κ3) is 5.55. The Hall–Kier alpha value is -1.88. The minimum Gasteiger partial charge on any atom is -0.351 e. The number of rotatable bonds is 5. The highest BCUT2D eigenvalue weighted by Gasteiger charge is 2.12. The summed E-state index contributed by atoms with van der Waals surface area (Å²) < 4.78 is 24.7. The molecule has 1 aromatic rings. The third-order valence-electron chi connectivity index (χ3n) is 2.71. The molecule has 114 valence electrons. The molecule has 0 heterocycles. The van der Waals surface area contributed by atoms with Crippen molar-refractivity contribution in [2.24, 2.45) is 5.73 Å². The van der Waals surface area contributed by atoms with E-state index in [1.165, 1.54) is 7.05 Å². The van der Waals surface area contributed by atoms with Gasteiger partial charge in [0, 0.05) is 12.1 Å². The lowest BCUT2D eigenvalue weighted by Crippen LogP contribution is -2.33. The van der Waals surface area contributed by atoms with Crippen LogP contribution in [0.1, 0.15) is 21.5 Å². The molecule has 4 N–H and O–H groups in total. The fraction of sp³-hybridized carbons (Fsp3) is 0.357. The molecule has 0 spiro atoms. The molecule has 0 aliphatic rings. The van der Waals surface area contributed by atoms with Crippen LogP contribution >= 0.6 is 0 Å². The molecule has 0 bridgehead atoms. The van der Waals surface area contributed by atoms with Crippen LogP contribution in [0.2, 0.25) is 0 Å². The van der Waals surface area contributed by atoms with Crippen molar-refractivity contribution in [3.63, 3.8) is 0 Å². The molecule has 6 nitrogen and oxygen atoms in total. The van der Waals surface area contributed by atoms with Crippen molar-refractivity contribution in [2.45, 2.75) is 6.92 Å². The molecule has 1 aromatic carbocycles. The normalized spacial score (nSPS) is 10.6. The number of nitrogens with two attached hydrogens (primary N) is 1. The van der Waals surface area contributed by atoms with Gasteiger partial charge in [0.1, 0.15) is 0 Å². The zero-order valence-corrected chi connectivity index (χ0v) is 12.9. The second-order valence-electron chi connectivity index (χ2n) is 4.33. The standard InChI is InChI=1S/C14H19N3O3S/c1-11-5-6-13(12(10-11)4-3-7-15)14(18)17-8-9-21(19,20)16-2/h5-6,10,16H,7-9,15H2,1-2H3,(H,17,18). The van der Waals surface area contributed by atoms with Crippen LogP contribution in [0.5, 0.6) is 0 Å². The maximum Gasteiger partial charge on any atom is 0.252 e. The van der Waals surface area contributed by atoms with E-state index >= 15 is 0 Å². The molecule has 1 amide bonds. The predicted molar refractivity (Wildman–Crippen MR) is 82.3 cm³/mol. The van der Waals surface area contributed by atoms with Gasteiger partial charge in [-0.3, -0.25) is 4.79 Å². The maximum atomic E-state index is 12.1. The van der Waals surface area contributed by atoms with E-state index in [4.69, 9.17) is 5.73 Å². The van der Waals surface area contributed by atoms with Gasteiger partial charge in [0.2, 0.25) is 10.0 Å². The molecule has 0 atom stereocenters. The van der Waals surface area contributed by atoms with E-state index in [9.17, 15) is 13.2 Å². The Kier molecular flexibility index (Phi) is 6.37. The summed E-state index contributed by atoms with van der Waals surface area (Å²) in [7, 11) is -2.01. The number of hydrogen-bond acceptors (Lipinski definition) is 4. The maximum absolute atomic E-state index is 12.1. The molecule has 0 unspecified atom stereocenters.